The molecular formula is C24H30O4Si. The lowest BCUT2D eigenvalue weighted by Gasteiger charge is -2.46. The fourth-order valence-electron chi connectivity index (χ4n) is 4.06. The Kier molecular flexibility index (Phi) is 6.29. The van der Waals surface area contributed by atoms with Crippen molar-refractivity contribution in [3.05, 3.63) is 73.0 Å². The van der Waals surface area contributed by atoms with Crippen molar-refractivity contribution in [2.75, 3.05) is 0 Å². The Morgan fingerprint density at radius 1 is 0.966 bits per heavy atom. The van der Waals surface area contributed by atoms with Crippen LogP contribution in [0.4, 0.5) is 0 Å². The first-order valence-electron chi connectivity index (χ1n) is 10.0. The molecule has 1 heterocycles. The van der Waals surface area contributed by atoms with Crippen LogP contribution in [0.3, 0.4) is 0 Å². The molecule has 0 unspecified atom stereocenters. The maximum atomic E-state index is 11.8. The zero-order valence-corrected chi connectivity index (χ0v) is 18.8. The molecule has 1 aliphatic rings. The molecule has 0 bridgehead atoms. The zero-order chi connectivity index (χ0) is 21.1. The minimum atomic E-state index is -2.76. The van der Waals surface area contributed by atoms with Gasteiger partial charge in [0, 0.05) is 6.92 Å². The molecule has 0 saturated heterocycles. The highest BCUT2D eigenvalue weighted by Crippen LogP contribution is 2.38. The Labute approximate surface area is 174 Å². The van der Waals surface area contributed by atoms with Crippen molar-refractivity contribution in [1.82, 2.24) is 0 Å². The van der Waals surface area contributed by atoms with E-state index in [0.29, 0.717) is 0 Å². The predicted octanol–water partition coefficient (Wildman–Crippen LogP) is 3.80. The van der Waals surface area contributed by atoms with Gasteiger partial charge in [-0.2, -0.15) is 0 Å². The molecule has 0 saturated carbocycles. The predicted molar refractivity (Wildman–Crippen MR) is 118 cm³/mol. The summed E-state index contributed by atoms with van der Waals surface area (Å²) in [5, 5.41) is 2.21. The van der Waals surface area contributed by atoms with Crippen molar-refractivity contribution in [2.45, 2.75) is 58.0 Å². The number of esters is 1. The molecule has 5 heteroatoms. The van der Waals surface area contributed by atoms with Gasteiger partial charge in [0.15, 0.2) is 6.10 Å². The van der Waals surface area contributed by atoms with E-state index in [4.69, 9.17) is 13.9 Å². The van der Waals surface area contributed by atoms with E-state index in [1.54, 1.807) is 6.26 Å². The molecule has 0 spiro atoms. The van der Waals surface area contributed by atoms with Crippen molar-refractivity contribution in [1.29, 1.82) is 0 Å². The second-order valence-electron chi connectivity index (χ2n) is 8.49. The normalized spacial score (nSPS) is 22.0. The van der Waals surface area contributed by atoms with E-state index in [9.17, 15) is 4.79 Å². The third kappa shape index (κ3) is 4.31. The van der Waals surface area contributed by atoms with Crippen LogP contribution in [0, 0.1) is 0 Å². The molecule has 154 valence electrons. The highest BCUT2D eigenvalue weighted by Gasteiger charge is 2.53. The summed E-state index contributed by atoms with van der Waals surface area (Å²) in [4.78, 5) is 11.8. The molecule has 2 aromatic rings. The Morgan fingerprint density at radius 2 is 1.48 bits per heavy atom. The van der Waals surface area contributed by atoms with E-state index in [1.165, 1.54) is 17.3 Å². The summed E-state index contributed by atoms with van der Waals surface area (Å²) in [5.74, 6) is -0.336. The van der Waals surface area contributed by atoms with Crippen molar-refractivity contribution < 1.29 is 18.7 Å². The van der Waals surface area contributed by atoms with Gasteiger partial charge < -0.3 is 13.9 Å². The van der Waals surface area contributed by atoms with Crippen LogP contribution in [0.1, 0.15) is 34.6 Å². The molecule has 1 aliphatic heterocycles. The molecule has 0 aromatic heterocycles. The van der Waals surface area contributed by atoms with Crippen molar-refractivity contribution in [3.63, 3.8) is 0 Å². The first-order valence-corrected chi connectivity index (χ1v) is 11.9. The average Bonchev–Trinajstić information content (AvgIpc) is 2.68. The number of hydrogen-bond acceptors (Lipinski definition) is 4. The van der Waals surface area contributed by atoms with E-state index in [1.807, 2.05) is 25.1 Å². The first-order chi connectivity index (χ1) is 13.8. The molecule has 29 heavy (non-hydrogen) atoms. The van der Waals surface area contributed by atoms with Crippen LogP contribution in [-0.2, 0) is 18.7 Å². The highest BCUT2D eigenvalue weighted by atomic mass is 28.4. The number of carbonyl (C=O) groups excluding carboxylic acids is 1. The monoisotopic (exact) mass is 410 g/mol. The fraction of sp³-hybridized carbons (Fsp3) is 0.375. The van der Waals surface area contributed by atoms with Gasteiger partial charge >= 0.3 is 5.97 Å². The van der Waals surface area contributed by atoms with Gasteiger partial charge in [-0.15, -0.1) is 0 Å². The van der Waals surface area contributed by atoms with E-state index in [0.717, 1.165) is 0 Å². The molecule has 0 amide bonds. The number of benzene rings is 2. The summed E-state index contributed by atoms with van der Waals surface area (Å²) < 4.78 is 18.3. The zero-order valence-electron chi connectivity index (χ0n) is 17.8. The van der Waals surface area contributed by atoms with E-state index in [2.05, 4.69) is 69.3 Å². The van der Waals surface area contributed by atoms with E-state index < -0.39 is 20.5 Å². The maximum absolute atomic E-state index is 11.8. The lowest BCUT2D eigenvalue weighted by molar-refractivity contribution is -0.159. The van der Waals surface area contributed by atoms with Crippen LogP contribution in [0.25, 0.3) is 0 Å². The topological polar surface area (TPSA) is 44.8 Å². The number of carbonyl (C=O) groups is 1. The van der Waals surface area contributed by atoms with Gasteiger partial charge in [-0.25, -0.2) is 0 Å². The molecule has 0 radical (unpaired) electrons. The molecule has 3 rings (SSSR count). The summed E-state index contributed by atoms with van der Waals surface area (Å²) >= 11 is 0. The van der Waals surface area contributed by atoms with E-state index in [-0.39, 0.29) is 17.1 Å². The molecule has 3 atom stereocenters. The second-order valence-corrected chi connectivity index (χ2v) is 12.7. The molecule has 0 N–H and O–H groups in total. The van der Waals surface area contributed by atoms with Crippen LogP contribution in [0.15, 0.2) is 73.0 Å². The summed E-state index contributed by atoms with van der Waals surface area (Å²) in [6.07, 6.45) is 2.35. The van der Waals surface area contributed by atoms with Gasteiger partial charge in [0.2, 0.25) is 0 Å². The fourth-order valence-corrected chi connectivity index (χ4v) is 8.69. The Bertz CT molecular complexity index is 803. The van der Waals surface area contributed by atoms with Gasteiger partial charge in [0.25, 0.3) is 8.32 Å². The highest BCUT2D eigenvalue weighted by molar-refractivity contribution is 6.99. The summed E-state index contributed by atoms with van der Waals surface area (Å²) in [6, 6.07) is 20.9. The average molecular weight is 411 g/mol. The Hall–Kier alpha value is -2.37. The molecule has 0 fully saturated rings. The van der Waals surface area contributed by atoms with Crippen LogP contribution < -0.4 is 10.4 Å². The standard InChI is InChI=1S/C24H30O4Si/c1-18-23(27-19(2)25)22(16-17-26-18)28-29(24(3,4)5,20-12-8-6-9-13-20)21-14-10-7-11-15-21/h6-18,22-23H,1-5H3/t18-,22+,23-/m0/s1. The summed E-state index contributed by atoms with van der Waals surface area (Å²) in [7, 11) is -2.76. The van der Waals surface area contributed by atoms with Gasteiger partial charge in [-0.3, -0.25) is 4.79 Å². The van der Waals surface area contributed by atoms with Gasteiger partial charge in [0.1, 0.15) is 12.2 Å². The molecule has 0 aliphatic carbocycles. The van der Waals surface area contributed by atoms with Crippen molar-refractivity contribution in [2.24, 2.45) is 0 Å². The minimum Gasteiger partial charge on any atom is -0.495 e. The molecule has 4 nitrogen and oxygen atoms in total. The van der Waals surface area contributed by atoms with Crippen LogP contribution in [-0.4, -0.2) is 32.6 Å². The lowest BCUT2D eigenvalue weighted by atomic mass is 10.1. The van der Waals surface area contributed by atoms with Crippen LogP contribution in [0.2, 0.25) is 5.04 Å². The smallest absolute Gasteiger partial charge is 0.303 e. The SMILES string of the molecule is CC(=O)O[C@H]1[C@H](C)OC=C[C@H]1O[Si](c1ccccc1)(c1ccccc1)C(C)(C)C. The van der Waals surface area contributed by atoms with Crippen molar-refractivity contribution in [3.8, 4) is 0 Å². The van der Waals surface area contributed by atoms with Gasteiger partial charge in [-0.05, 0) is 28.4 Å². The molecule has 2 aromatic carbocycles. The minimum absolute atomic E-state index is 0.161. The van der Waals surface area contributed by atoms with Crippen molar-refractivity contribution >= 4 is 24.7 Å². The van der Waals surface area contributed by atoms with Gasteiger partial charge in [-0.1, -0.05) is 81.4 Å². The number of ether oxygens (including phenoxy) is 2. The van der Waals surface area contributed by atoms with E-state index >= 15 is 0 Å². The summed E-state index contributed by atoms with van der Waals surface area (Å²) in [6.45, 7) is 10.0. The number of hydrogen-bond donors (Lipinski definition) is 0. The van der Waals surface area contributed by atoms with Crippen LogP contribution in [0.5, 0.6) is 0 Å². The largest absolute Gasteiger partial charge is 0.495 e. The Balaban J connectivity index is 2.16. The third-order valence-electron chi connectivity index (χ3n) is 5.38. The van der Waals surface area contributed by atoms with Crippen LogP contribution >= 0.6 is 0 Å². The van der Waals surface area contributed by atoms with Gasteiger partial charge in [0.05, 0.1) is 6.26 Å². The molecular weight excluding hydrogens is 380 g/mol. The maximum Gasteiger partial charge on any atom is 0.303 e. The lowest BCUT2D eigenvalue weighted by Crippen LogP contribution is -2.69. The third-order valence-corrected chi connectivity index (χ3v) is 10.4. The quantitative estimate of drug-likeness (QED) is 0.556. The second kappa shape index (κ2) is 8.55. The Morgan fingerprint density at radius 3 is 1.93 bits per heavy atom. The summed E-state index contributed by atoms with van der Waals surface area (Å²) in [5.41, 5.74) is 0. The first kappa shape index (κ1) is 21.3. The number of rotatable bonds is 5.